The maximum atomic E-state index is 12.0. The van der Waals surface area contributed by atoms with Gasteiger partial charge in [0, 0.05) is 25.4 Å². The predicted molar refractivity (Wildman–Crippen MR) is 80.8 cm³/mol. The number of Topliss-reactive ketones (excluding diaryl/α,β-unsaturated/α-hetero) is 1. The van der Waals surface area contributed by atoms with Crippen LogP contribution < -0.4 is 4.74 Å². The molecule has 0 spiro atoms. The summed E-state index contributed by atoms with van der Waals surface area (Å²) in [6, 6.07) is 8.13. The van der Waals surface area contributed by atoms with E-state index >= 15 is 0 Å². The first-order chi connectivity index (χ1) is 9.58. The summed E-state index contributed by atoms with van der Waals surface area (Å²) in [6.07, 6.45) is 2.88. The van der Waals surface area contributed by atoms with E-state index in [9.17, 15) is 4.79 Å². The highest BCUT2D eigenvalue weighted by Gasteiger charge is 2.27. The van der Waals surface area contributed by atoms with Crippen LogP contribution in [0, 0.1) is 11.8 Å². The van der Waals surface area contributed by atoms with Crippen molar-refractivity contribution in [2.24, 2.45) is 11.8 Å². The summed E-state index contributed by atoms with van der Waals surface area (Å²) in [6.45, 7) is 4.00. The lowest BCUT2D eigenvalue weighted by Crippen LogP contribution is -2.34. The Morgan fingerprint density at radius 1 is 1.30 bits per heavy atom. The molecule has 1 aromatic rings. The van der Waals surface area contributed by atoms with Crippen LogP contribution in [0.25, 0.3) is 0 Å². The molecule has 0 saturated heterocycles. The van der Waals surface area contributed by atoms with Crippen molar-refractivity contribution in [3.8, 4) is 5.75 Å². The molecule has 0 N–H and O–H groups in total. The van der Waals surface area contributed by atoms with Gasteiger partial charge in [-0.3, -0.25) is 4.79 Å². The lowest BCUT2D eigenvalue weighted by molar-refractivity contribution is -0.126. The SMILES string of the molecule is COc1ccc(CN(C)CC2CC(C)CCC2=O)cc1. The molecule has 2 atom stereocenters. The van der Waals surface area contributed by atoms with Crippen molar-refractivity contribution in [2.75, 3.05) is 20.7 Å². The molecule has 0 aliphatic heterocycles. The fourth-order valence-corrected chi connectivity index (χ4v) is 2.99. The Morgan fingerprint density at radius 2 is 2.00 bits per heavy atom. The Labute approximate surface area is 121 Å². The predicted octanol–water partition coefficient (Wildman–Crippen LogP) is 3.13. The van der Waals surface area contributed by atoms with Crippen LogP contribution >= 0.6 is 0 Å². The number of hydrogen-bond acceptors (Lipinski definition) is 3. The summed E-state index contributed by atoms with van der Waals surface area (Å²) in [5, 5.41) is 0. The van der Waals surface area contributed by atoms with Gasteiger partial charge in [0.1, 0.15) is 11.5 Å². The molecular formula is C17H25NO2. The molecule has 1 aliphatic carbocycles. The highest BCUT2D eigenvalue weighted by Crippen LogP contribution is 2.26. The van der Waals surface area contributed by atoms with Crippen LogP contribution in [0.4, 0.5) is 0 Å². The Balaban J connectivity index is 1.87. The minimum atomic E-state index is 0.224. The third-order valence-electron chi connectivity index (χ3n) is 4.17. The van der Waals surface area contributed by atoms with E-state index in [4.69, 9.17) is 4.74 Å². The third kappa shape index (κ3) is 4.07. The van der Waals surface area contributed by atoms with E-state index in [1.165, 1.54) is 5.56 Å². The summed E-state index contributed by atoms with van der Waals surface area (Å²) >= 11 is 0. The molecule has 1 aromatic carbocycles. The standard InChI is InChI=1S/C17H25NO2/c1-13-4-9-17(19)15(10-13)12-18(2)11-14-5-7-16(20-3)8-6-14/h5-8,13,15H,4,9-12H2,1-3H3. The largest absolute Gasteiger partial charge is 0.497 e. The molecule has 2 rings (SSSR count). The molecular weight excluding hydrogens is 250 g/mol. The van der Waals surface area contributed by atoms with Crippen LogP contribution in [0.1, 0.15) is 31.7 Å². The number of hydrogen-bond donors (Lipinski definition) is 0. The molecule has 0 aromatic heterocycles. The van der Waals surface area contributed by atoms with E-state index in [1.54, 1.807) is 7.11 Å². The van der Waals surface area contributed by atoms with Crippen LogP contribution in [0.5, 0.6) is 5.75 Å². The zero-order chi connectivity index (χ0) is 14.5. The van der Waals surface area contributed by atoms with Crippen molar-refractivity contribution in [1.29, 1.82) is 0 Å². The third-order valence-corrected chi connectivity index (χ3v) is 4.17. The average molecular weight is 275 g/mol. The van der Waals surface area contributed by atoms with Gasteiger partial charge < -0.3 is 9.64 Å². The van der Waals surface area contributed by atoms with Gasteiger partial charge in [-0.15, -0.1) is 0 Å². The Hall–Kier alpha value is -1.35. The van der Waals surface area contributed by atoms with Crippen molar-refractivity contribution in [2.45, 2.75) is 32.7 Å². The molecule has 0 bridgehead atoms. The van der Waals surface area contributed by atoms with Gasteiger partial charge in [0.2, 0.25) is 0 Å². The summed E-state index contributed by atoms with van der Waals surface area (Å²) < 4.78 is 5.16. The number of methoxy groups -OCH3 is 1. The van der Waals surface area contributed by atoms with Crippen molar-refractivity contribution in [3.05, 3.63) is 29.8 Å². The number of benzene rings is 1. The number of carbonyl (C=O) groups excluding carboxylic acids is 1. The summed E-state index contributed by atoms with van der Waals surface area (Å²) in [4.78, 5) is 14.2. The lowest BCUT2D eigenvalue weighted by atomic mass is 9.81. The normalized spacial score (nSPS) is 23.1. The number of nitrogens with zero attached hydrogens (tertiary/aromatic N) is 1. The molecule has 3 heteroatoms. The highest BCUT2D eigenvalue weighted by atomic mass is 16.5. The molecule has 110 valence electrons. The van der Waals surface area contributed by atoms with E-state index < -0.39 is 0 Å². The fourth-order valence-electron chi connectivity index (χ4n) is 2.99. The summed E-state index contributed by atoms with van der Waals surface area (Å²) in [5.74, 6) is 2.24. The Bertz CT molecular complexity index is 441. The second-order valence-electron chi connectivity index (χ2n) is 6.09. The molecule has 1 saturated carbocycles. The molecule has 0 heterocycles. The molecule has 3 nitrogen and oxygen atoms in total. The zero-order valence-electron chi connectivity index (χ0n) is 12.8. The van der Waals surface area contributed by atoms with Gasteiger partial charge in [-0.1, -0.05) is 19.1 Å². The fraction of sp³-hybridized carbons (Fsp3) is 0.588. The topological polar surface area (TPSA) is 29.5 Å². The zero-order valence-corrected chi connectivity index (χ0v) is 12.8. The molecule has 1 aliphatic rings. The van der Waals surface area contributed by atoms with Crippen LogP contribution in [0.3, 0.4) is 0 Å². The van der Waals surface area contributed by atoms with Crippen molar-refractivity contribution in [1.82, 2.24) is 4.90 Å². The average Bonchev–Trinajstić information content (AvgIpc) is 2.43. The van der Waals surface area contributed by atoms with Crippen molar-refractivity contribution in [3.63, 3.8) is 0 Å². The van der Waals surface area contributed by atoms with E-state index in [0.717, 1.165) is 38.1 Å². The van der Waals surface area contributed by atoms with Crippen LogP contribution in [-0.4, -0.2) is 31.4 Å². The maximum absolute atomic E-state index is 12.0. The first-order valence-corrected chi connectivity index (χ1v) is 7.42. The smallest absolute Gasteiger partial charge is 0.137 e. The molecule has 0 amide bonds. The molecule has 0 radical (unpaired) electrons. The monoisotopic (exact) mass is 275 g/mol. The minimum Gasteiger partial charge on any atom is -0.497 e. The van der Waals surface area contributed by atoms with Crippen molar-refractivity contribution < 1.29 is 9.53 Å². The number of ketones is 1. The quantitative estimate of drug-likeness (QED) is 0.827. The van der Waals surface area contributed by atoms with Crippen LogP contribution in [0.15, 0.2) is 24.3 Å². The summed E-state index contributed by atoms with van der Waals surface area (Å²) in [5.41, 5.74) is 1.25. The maximum Gasteiger partial charge on any atom is 0.137 e. The van der Waals surface area contributed by atoms with E-state index in [1.807, 2.05) is 12.1 Å². The Kier molecular flexibility index (Phi) is 5.18. The molecule has 20 heavy (non-hydrogen) atoms. The van der Waals surface area contributed by atoms with Crippen LogP contribution in [0.2, 0.25) is 0 Å². The number of ether oxygens (including phenoxy) is 1. The van der Waals surface area contributed by atoms with E-state index in [2.05, 4.69) is 31.0 Å². The van der Waals surface area contributed by atoms with Gasteiger partial charge in [-0.05, 0) is 43.5 Å². The van der Waals surface area contributed by atoms with Gasteiger partial charge in [-0.2, -0.15) is 0 Å². The molecule has 2 unspecified atom stereocenters. The van der Waals surface area contributed by atoms with E-state index in [-0.39, 0.29) is 5.92 Å². The van der Waals surface area contributed by atoms with Crippen molar-refractivity contribution >= 4 is 5.78 Å². The second kappa shape index (κ2) is 6.89. The first kappa shape index (κ1) is 15.0. The first-order valence-electron chi connectivity index (χ1n) is 7.42. The van der Waals surface area contributed by atoms with Gasteiger partial charge in [-0.25, -0.2) is 0 Å². The number of carbonyl (C=O) groups is 1. The van der Waals surface area contributed by atoms with Gasteiger partial charge in [0.25, 0.3) is 0 Å². The summed E-state index contributed by atoms with van der Waals surface area (Å²) in [7, 11) is 3.77. The second-order valence-corrected chi connectivity index (χ2v) is 6.09. The lowest BCUT2D eigenvalue weighted by Gasteiger charge is -2.29. The van der Waals surface area contributed by atoms with Gasteiger partial charge in [0.15, 0.2) is 0 Å². The van der Waals surface area contributed by atoms with Gasteiger partial charge in [0.05, 0.1) is 7.11 Å². The minimum absolute atomic E-state index is 0.224. The van der Waals surface area contributed by atoms with E-state index in [0.29, 0.717) is 11.7 Å². The molecule has 1 fully saturated rings. The highest BCUT2D eigenvalue weighted by molar-refractivity contribution is 5.81. The number of rotatable bonds is 5. The Morgan fingerprint density at radius 3 is 2.65 bits per heavy atom. The van der Waals surface area contributed by atoms with Crippen LogP contribution in [-0.2, 0) is 11.3 Å². The van der Waals surface area contributed by atoms with Gasteiger partial charge >= 0.3 is 0 Å².